The van der Waals surface area contributed by atoms with Crippen molar-refractivity contribution in [3.8, 4) is 11.1 Å². The van der Waals surface area contributed by atoms with E-state index in [-0.39, 0.29) is 36.6 Å². The van der Waals surface area contributed by atoms with Gasteiger partial charge in [-0.25, -0.2) is 14.8 Å². The summed E-state index contributed by atoms with van der Waals surface area (Å²) in [5.74, 6) is 0.240. The lowest BCUT2D eigenvalue weighted by Gasteiger charge is -2.30. The highest BCUT2D eigenvalue weighted by Crippen LogP contribution is 2.56. The molecule has 3 aromatic rings. The summed E-state index contributed by atoms with van der Waals surface area (Å²) >= 11 is 0. The molecule has 8 nitrogen and oxygen atoms in total. The molecular weight excluding hydrogens is 578 g/mol. The average molecular weight is 611 g/mol. The zero-order chi connectivity index (χ0) is 31.5. The van der Waals surface area contributed by atoms with Gasteiger partial charge in [-0.05, 0) is 63.3 Å². The zero-order valence-electron chi connectivity index (χ0n) is 24.3. The summed E-state index contributed by atoms with van der Waals surface area (Å²) in [5, 5.41) is 4.12. The van der Waals surface area contributed by atoms with Gasteiger partial charge < -0.3 is 14.5 Å². The number of halogens is 6. The van der Waals surface area contributed by atoms with E-state index >= 15 is 0 Å². The third kappa shape index (κ3) is 6.42. The molecule has 1 aliphatic carbocycles. The number of aromatic nitrogens is 4. The van der Waals surface area contributed by atoms with Crippen LogP contribution in [0.25, 0.3) is 11.1 Å². The van der Waals surface area contributed by atoms with Crippen molar-refractivity contribution in [2.75, 3.05) is 11.4 Å². The predicted molar refractivity (Wildman–Crippen MR) is 145 cm³/mol. The molecule has 1 aliphatic heterocycles. The molecule has 0 unspecified atom stereocenters. The maximum Gasteiger partial charge on any atom is 0.416 e. The van der Waals surface area contributed by atoms with Gasteiger partial charge in [-0.3, -0.25) is 4.68 Å². The Morgan fingerprint density at radius 2 is 1.56 bits per heavy atom. The van der Waals surface area contributed by atoms with Crippen LogP contribution in [-0.4, -0.2) is 54.5 Å². The maximum absolute atomic E-state index is 13.7. The van der Waals surface area contributed by atoms with Crippen LogP contribution in [-0.2, 0) is 30.7 Å². The number of anilines is 1. The first kappa shape index (κ1) is 30.6. The van der Waals surface area contributed by atoms with Crippen molar-refractivity contribution in [1.82, 2.24) is 24.6 Å². The van der Waals surface area contributed by atoms with Crippen LogP contribution in [0.3, 0.4) is 0 Å². The van der Waals surface area contributed by atoms with E-state index in [1.807, 2.05) is 6.92 Å². The van der Waals surface area contributed by atoms with Gasteiger partial charge in [0.1, 0.15) is 5.60 Å². The molecule has 5 rings (SSSR count). The summed E-state index contributed by atoms with van der Waals surface area (Å²) in [6.45, 7) is 7.02. The van der Waals surface area contributed by atoms with E-state index in [1.54, 1.807) is 54.7 Å². The molecule has 2 aliphatic rings. The van der Waals surface area contributed by atoms with Crippen LogP contribution in [0, 0.1) is 5.92 Å². The highest BCUT2D eigenvalue weighted by molar-refractivity contribution is 5.71. The van der Waals surface area contributed by atoms with E-state index in [4.69, 9.17) is 4.74 Å². The minimum absolute atomic E-state index is 0.105. The van der Waals surface area contributed by atoms with E-state index in [9.17, 15) is 31.1 Å². The fraction of sp³-hybridized carbons (Fsp3) is 0.517. The largest absolute Gasteiger partial charge is 0.444 e. The average Bonchev–Trinajstić information content (AvgIpc) is 3.19. The summed E-state index contributed by atoms with van der Waals surface area (Å²) in [5.41, 5.74) is -2.95. The van der Waals surface area contributed by atoms with Crippen LogP contribution in [0.1, 0.15) is 57.2 Å². The molecule has 2 aromatic heterocycles. The number of rotatable bonds is 5. The van der Waals surface area contributed by atoms with E-state index < -0.39 is 46.8 Å². The Hall–Kier alpha value is -3.84. The Kier molecular flexibility index (Phi) is 7.41. The lowest BCUT2D eigenvalue weighted by molar-refractivity contribution is -0.143. The second kappa shape index (κ2) is 10.4. The first-order valence-electron chi connectivity index (χ1n) is 13.7. The monoisotopic (exact) mass is 610 g/mol. The molecule has 0 bridgehead atoms. The standard InChI is InChI=1S/C29H32F6N6O2/c1-17-9-27(17)10-23(16-41(27)25(42)43-26(2,3)4)40(24-36-11-19(12-37-24)20-13-38-39(5)15-20)14-18-6-21(28(30,31)32)8-22(7-18)29(33,34)35/h6-8,11-13,15,17,23H,9-10,14,16H2,1-5H3/t17-,23-,27+/m0/s1. The van der Waals surface area contributed by atoms with Crippen LogP contribution >= 0.6 is 0 Å². The van der Waals surface area contributed by atoms with Crippen molar-refractivity contribution in [2.45, 2.75) is 76.6 Å². The molecule has 3 atom stereocenters. The van der Waals surface area contributed by atoms with Crippen molar-refractivity contribution in [3.63, 3.8) is 0 Å². The van der Waals surface area contributed by atoms with Gasteiger partial charge in [0.25, 0.3) is 0 Å². The number of ether oxygens (including phenoxy) is 1. The summed E-state index contributed by atoms with van der Waals surface area (Å²) < 4.78 is 89.2. The molecule has 1 saturated heterocycles. The number of alkyl halides is 6. The second-order valence-electron chi connectivity index (χ2n) is 12.4. The van der Waals surface area contributed by atoms with Gasteiger partial charge in [-0.15, -0.1) is 0 Å². The van der Waals surface area contributed by atoms with Crippen LogP contribution in [0.4, 0.5) is 37.1 Å². The number of carbonyl (C=O) groups is 1. The third-order valence-corrected chi connectivity index (χ3v) is 7.93. The molecule has 1 saturated carbocycles. The van der Waals surface area contributed by atoms with Crippen LogP contribution in [0.15, 0.2) is 43.0 Å². The number of aryl methyl sites for hydroxylation is 1. The van der Waals surface area contributed by atoms with Crippen LogP contribution in [0.2, 0.25) is 0 Å². The van der Waals surface area contributed by atoms with Crippen molar-refractivity contribution < 1.29 is 35.9 Å². The number of benzene rings is 1. The lowest BCUT2D eigenvalue weighted by atomic mass is 10.0. The van der Waals surface area contributed by atoms with E-state index in [2.05, 4.69) is 15.1 Å². The molecular formula is C29H32F6N6O2. The molecule has 232 valence electrons. The Labute approximate surface area is 244 Å². The summed E-state index contributed by atoms with van der Waals surface area (Å²) in [6.07, 6.45) is -2.97. The topological polar surface area (TPSA) is 76.4 Å². The fourth-order valence-corrected chi connectivity index (χ4v) is 5.75. The SMILES string of the molecule is C[C@H]1C[C@@]12C[C@H](N(Cc1cc(C(F)(F)F)cc(C(F)(F)F)c1)c1ncc(-c3cnn(C)c3)cn1)CN2C(=O)OC(C)(C)C. The fourth-order valence-electron chi connectivity index (χ4n) is 5.75. The van der Waals surface area contributed by atoms with Crippen molar-refractivity contribution in [2.24, 2.45) is 13.0 Å². The lowest BCUT2D eigenvalue weighted by Crippen LogP contribution is -2.43. The molecule has 3 heterocycles. The first-order valence-corrected chi connectivity index (χ1v) is 13.7. The Morgan fingerprint density at radius 3 is 2.02 bits per heavy atom. The molecule has 2 fully saturated rings. The number of likely N-dealkylation sites (tertiary alicyclic amines) is 1. The number of hydrogen-bond acceptors (Lipinski definition) is 6. The maximum atomic E-state index is 13.7. The van der Waals surface area contributed by atoms with Crippen LogP contribution < -0.4 is 4.90 Å². The molecule has 1 amide bonds. The third-order valence-electron chi connectivity index (χ3n) is 7.93. The normalized spacial score (nSPS) is 22.3. The minimum Gasteiger partial charge on any atom is -0.444 e. The van der Waals surface area contributed by atoms with E-state index in [0.29, 0.717) is 30.5 Å². The van der Waals surface area contributed by atoms with Crippen molar-refractivity contribution >= 4 is 12.0 Å². The van der Waals surface area contributed by atoms with Gasteiger partial charge in [0.2, 0.25) is 5.95 Å². The first-order chi connectivity index (χ1) is 19.9. The molecule has 1 spiro atoms. The molecule has 43 heavy (non-hydrogen) atoms. The molecule has 0 N–H and O–H groups in total. The molecule has 0 radical (unpaired) electrons. The highest BCUT2D eigenvalue weighted by Gasteiger charge is 2.63. The number of carbonyl (C=O) groups excluding carboxylic acids is 1. The van der Waals surface area contributed by atoms with Gasteiger partial charge in [-0.1, -0.05) is 6.92 Å². The quantitative estimate of drug-likeness (QED) is 0.299. The molecule has 14 heteroatoms. The van der Waals surface area contributed by atoms with E-state index in [1.165, 1.54) is 12.4 Å². The van der Waals surface area contributed by atoms with Gasteiger partial charge in [0, 0.05) is 49.9 Å². The van der Waals surface area contributed by atoms with Gasteiger partial charge in [-0.2, -0.15) is 31.4 Å². The smallest absolute Gasteiger partial charge is 0.416 e. The van der Waals surface area contributed by atoms with E-state index in [0.717, 1.165) is 5.56 Å². The van der Waals surface area contributed by atoms with Gasteiger partial charge in [0.15, 0.2) is 0 Å². The van der Waals surface area contributed by atoms with Gasteiger partial charge >= 0.3 is 18.4 Å². The van der Waals surface area contributed by atoms with Crippen LogP contribution in [0.5, 0.6) is 0 Å². The second-order valence-corrected chi connectivity index (χ2v) is 12.4. The van der Waals surface area contributed by atoms with Crippen molar-refractivity contribution in [3.05, 3.63) is 59.7 Å². The summed E-state index contributed by atoms with van der Waals surface area (Å²) in [6, 6.07) is 1.02. The zero-order valence-corrected chi connectivity index (χ0v) is 24.3. The van der Waals surface area contributed by atoms with Gasteiger partial charge in [0.05, 0.1) is 28.9 Å². The number of amides is 1. The molecule has 1 aromatic carbocycles. The Balaban J connectivity index is 1.54. The summed E-state index contributed by atoms with van der Waals surface area (Å²) in [7, 11) is 1.75. The highest BCUT2D eigenvalue weighted by atomic mass is 19.4. The summed E-state index contributed by atoms with van der Waals surface area (Å²) in [4.78, 5) is 25.4. The minimum atomic E-state index is -4.99. The van der Waals surface area contributed by atoms with Crippen molar-refractivity contribution in [1.29, 1.82) is 0 Å². The Bertz CT molecular complexity index is 1460. The Morgan fingerprint density at radius 1 is 0.977 bits per heavy atom. The number of hydrogen-bond donors (Lipinski definition) is 0. The number of nitrogens with zero attached hydrogens (tertiary/aromatic N) is 6. The predicted octanol–water partition coefficient (Wildman–Crippen LogP) is 6.71.